The van der Waals surface area contributed by atoms with Crippen molar-refractivity contribution in [1.82, 2.24) is 10.3 Å². The molecule has 2 aromatic rings. The predicted molar refractivity (Wildman–Crippen MR) is 81.3 cm³/mol. The first-order chi connectivity index (χ1) is 8.70. The molecule has 3 heteroatoms. The number of fused-ring (bicyclic) bond motifs is 1. The van der Waals surface area contributed by atoms with Gasteiger partial charge < -0.3 is 10.3 Å². The van der Waals surface area contributed by atoms with E-state index >= 15 is 0 Å². The summed E-state index contributed by atoms with van der Waals surface area (Å²) in [5.41, 5.74) is 1.23. The summed E-state index contributed by atoms with van der Waals surface area (Å²) in [7, 11) is 0. The zero-order chi connectivity index (χ0) is 13.0. The Morgan fingerprint density at radius 3 is 2.72 bits per heavy atom. The van der Waals surface area contributed by atoms with Gasteiger partial charge >= 0.3 is 0 Å². The Balaban J connectivity index is 2.00. The summed E-state index contributed by atoms with van der Waals surface area (Å²) in [6.45, 7) is 7.76. The number of aromatic nitrogens is 1. The summed E-state index contributed by atoms with van der Waals surface area (Å²) in [6, 6.07) is 11.3. The summed E-state index contributed by atoms with van der Waals surface area (Å²) in [5.74, 6) is 1.78. The van der Waals surface area contributed by atoms with E-state index in [1.165, 1.54) is 15.9 Å². The van der Waals surface area contributed by atoms with Crippen LogP contribution in [0, 0.1) is 5.92 Å². The zero-order valence-electron chi connectivity index (χ0n) is 11.4. The number of aromatic amines is 1. The van der Waals surface area contributed by atoms with Crippen molar-refractivity contribution in [3.8, 4) is 0 Å². The van der Waals surface area contributed by atoms with Gasteiger partial charge in [0.15, 0.2) is 0 Å². The molecule has 0 radical (unpaired) electrons. The predicted octanol–water partition coefficient (Wildman–Crippen LogP) is 3.89. The normalized spacial score (nSPS) is 13.3. The van der Waals surface area contributed by atoms with Crippen molar-refractivity contribution in [3.63, 3.8) is 0 Å². The first-order valence-corrected chi connectivity index (χ1v) is 7.63. The average molecular weight is 262 g/mol. The van der Waals surface area contributed by atoms with Crippen LogP contribution in [0.3, 0.4) is 0 Å². The molecule has 1 aromatic carbocycles. The van der Waals surface area contributed by atoms with Crippen molar-refractivity contribution in [2.24, 2.45) is 5.92 Å². The molecule has 0 aliphatic carbocycles. The summed E-state index contributed by atoms with van der Waals surface area (Å²) in [5, 5.41) is 6.11. The quantitative estimate of drug-likeness (QED) is 0.773. The van der Waals surface area contributed by atoms with Crippen LogP contribution in [0.1, 0.15) is 20.8 Å². The molecule has 0 fully saturated rings. The van der Waals surface area contributed by atoms with E-state index in [4.69, 9.17) is 0 Å². The minimum Gasteiger partial charge on any atom is -0.350 e. The van der Waals surface area contributed by atoms with E-state index in [-0.39, 0.29) is 0 Å². The van der Waals surface area contributed by atoms with Gasteiger partial charge in [0.05, 0.1) is 5.03 Å². The maximum Gasteiger partial charge on any atom is 0.0733 e. The highest BCUT2D eigenvalue weighted by atomic mass is 32.2. The van der Waals surface area contributed by atoms with Crippen molar-refractivity contribution in [2.45, 2.75) is 31.8 Å². The molecule has 0 saturated heterocycles. The van der Waals surface area contributed by atoms with Crippen molar-refractivity contribution in [2.75, 3.05) is 12.3 Å². The highest BCUT2D eigenvalue weighted by Crippen LogP contribution is 2.24. The molecular weight excluding hydrogens is 240 g/mol. The summed E-state index contributed by atoms with van der Waals surface area (Å²) in [6.07, 6.45) is 0. The number of rotatable bonds is 6. The van der Waals surface area contributed by atoms with Gasteiger partial charge in [0.25, 0.3) is 0 Å². The van der Waals surface area contributed by atoms with Gasteiger partial charge in [-0.1, -0.05) is 39.0 Å². The summed E-state index contributed by atoms with van der Waals surface area (Å²) < 4.78 is 0. The number of para-hydroxylation sites is 1. The molecule has 1 heterocycles. The number of hydrogen-bond donors (Lipinski definition) is 2. The number of H-pyrrole nitrogens is 1. The lowest BCUT2D eigenvalue weighted by atomic mass is 10.1. The second-order valence-electron chi connectivity index (χ2n) is 4.94. The van der Waals surface area contributed by atoms with E-state index in [2.05, 4.69) is 61.4 Å². The zero-order valence-corrected chi connectivity index (χ0v) is 12.2. The fourth-order valence-corrected chi connectivity index (χ4v) is 3.31. The van der Waals surface area contributed by atoms with E-state index in [0.717, 1.165) is 12.3 Å². The minimum absolute atomic E-state index is 0.575. The largest absolute Gasteiger partial charge is 0.350 e. The maximum atomic E-state index is 3.55. The van der Waals surface area contributed by atoms with Crippen LogP contribution in [-0.4, -0.2) is 23.3 Å². The molecule has 0 aliphatic heterocycles. The van der Waals surface area contributed by atoms with Crippen molar-refractivity contribution in [1.29, 1.82) is 0 Å². The van der Waals surface area contributed by atoms with E-state index in [1.807, 2.05) is 11.8 Å². The molecule has 2 rings (SSSR count). The van der Waals surface area contributed by atoms with Gasteiger partial charge in [-0.05, 0) is 24.6 Å². The van der Waals surface area contributed by atoms with Gasteiger partial charge in [0.1, 0.15) is 0 Å². The summed E-state index contributed by atoms with van der Waals surface area (Å²) in [4.78, 5) is 3.47. The van der Waals surface area contributed by atoms with Gasteiger partial charge in [0.2, 0.25) is 0 Å². The Hall–Kier alpha value is -0.930. The molecule has 0 bridgehead atoms. The minimum atomic E-state index is 0.575. The lowest BCUT2D eigenvalue weighted by Gasteiger charge is -2.20. The van der Waals surface area contributed by atoms with Gasteiger partial charge in [-0.3, -0.25) is 0 Å². The third-order valence-corrected chi connectivity index (χ3v) is 4.25. The van der Waals surface area contributed by atoms with Gasteiger partial charge in [0, 0.05) is 22.7 Å². The topological polar surface area (TPSA) is 27.8 Å². The van der Waals surface area contributed by atoms with Crippen molar-refractivity contribution < 1.29 is 0 Å². The SMILES string of the molecule is CCNC(CSc1cc2ccccc2[nH]1)C(C)C. The smallest absolute Gasteiger partial charge is 0.0733 e. The monoisotopic (exact) mass is 262 g/mol. The van der Waals surface area contributed by atoms with E-state index < -0.39 is 0 Å². The van der Waals surface area contributed by atoms with Crippen LogP contribution in [0.2, 0.25) is 0 Å². The van der Waals surface area contributed by atoms with Gasteiger partial charge in [-0.15, -0.1) is 11.8 Å². The Morgan fingerprint density at radius 2 is 2.06 bits per heavy atom. The van der Waals surface area contributed by atoms with E-state index in [1.54, 1.807) is 0 Å². The molecule has 1 atom stereocenters. The molecule has 1 unspecified atom stereocenters. The second-order valence-corrected chi connectivity index (χ2v) is 6.00. The molecule has 1 aromatic heterocycles. The van der Waals surface area contributed by atoms with Crippen LogP contribution in [0.4, 0.5) is 0 Å². The standard InChI is InChI=1S/C15H22N2S/c1-4-16-14(11(2)3)10-18-15-9-12-7-5-6-8-13(12)17-15/h5-9,11,14,16-17H,4,10H2,1-3H3. The second kappa shape index (κ2) is 6.30. The third kappa shape index (κ3) is 3.30. The van der Waals surface area contributed by atoms with Crippen LogP contribution < -0.4 is 5.32 Å². The molecule has 2 N–H and O–H groups in total. The Bertz CT molecular complexity index is 457. The highest BCUT2D eigenvalue weighted by Gasteiger charge is 2.12. The average Bonchev–Trinajstić information content (AvgIpc) is 2.76. The number of benzene rings is 1. The summed E-state index contributed by atoms with van der Waals surface area (Å²) >= 11 is 1.90. The lowest BCUT2D eigenvalue weighted by molar-refractivity contribution is 0.443. The first kappa shape index (κ1) is 13.5. The van der Waals surface area contributed by atoms with Crippen LogP contribution in [0.15, 0.2) is 35.4 Å². The number of thioether (sulfide) groups is 1. The molecule has 0 aliphatic rings. The number of hydrogen-bond acceptors (Lipinski definition) is 2. The lowest BCUT2D eigenvalue weighted by Crippen LogP contribution is -2.35. The van der Waals surface area contributed by atoms with Crippen LogP contribution >= 0.6 is 11.8 Å². The molecular formula is C15H22N2S. The van der Waals surface area contributed by atoms with Crippen molar-refractivity contribution in [3.05, 3.63) is 30.3 Å². The fourth-order valence-electron chi connectivity index (χ4n) is 2.05. The van der Waals surface area contributed by atoms with Crippen molar-refractivity contribution >= 4 is 22.7 Å². The first-order valence-electron chi connectivity index (χ1n) is 6.64. The molecule has 98 valence electrons. The maximum absolute atomic E-state index is 3.55. The number of nitrogens with one attached hydrogen (secondary N) is 2. The van der Waals surface area contributed by atoms with E-state index in [0.29, 0.717) is 12.0 Å². The third-order valence-electron chi connectivity index (χ3n) is 3.19. The Morgan fingerprint density at radius 1 is 1.28 bits per heavy atom. The molecule has 2 nitrogen and oxygen atoms in total. The molecule has 0 saturated carbocycles. The Labute approximate surface area is 114 Å². The molecule has 0 amide bonds. The van der Waals surface area contributed by atoms with Crippen LogP contribution in [0.25, 0.3) is 10.9 Å². The Kier molecular flexibility index (Phi) is 4.72. The highest BCUT2D eigenvalue weighted by molar-refractivity contribution is 7.99. The van der Waals surface area contributed by atoms with Gasteiger partial charge in [-0.2, -0.15) is 0 Å². The fraction of sp³-hybridized carbons (Fsp3) is 0.467. The molecule has 18 heavy (non-hydrogen) atoms. The van der Waals surface area contributed by atoms with Crippen LogP contribution in [-0.2, 0) is 0 Å². The molecule has 0 spiro atoms. The van der Waals surface area contributed by atoms with Crippen LogP contribution in [0.5, 0.6) is 0 Å². The van der Waals surface area contributed by atoms with Gasteiger partial charge in [-0.25, -0.2) is 0 Å². The van der Waals surface area contributed by atoms with E-state index in [9.17, 15) is 0 Å².